The number of benzene rings is 1. The van der Waals surface area contributed by atoms with Gasteiger partial charge in [-0.3, -0.25) is 0 Å². The highest BCUT2D eigenvalue weighted by atomic mass is 79.9. The summed E-state index contributed by atoms with van der Waals surface area (Å²) in [6, 6.07) is 6.01. The predicted octanol–water partition coefficient (Wildman–Crippen LogP) is 4.55. The molecule has 0 saturated heterocycles. The van der Waals surface area contributed by atoms with E-state index >= 15 is 0 Å². The standard InChI is InChI=1S/C15H21BrO2/c1-11-5-3-4-6-15(11)18-10-12-9-13(17-2)7-8-14(12)16/h7-9,11,15H,3-6,10H2,1-2H3. The van der Waals surface area contributed by atoms with Crippen LogP contribution in [0.3, 0.4) is 0 Å². The van der Waals surface area contributed by atoms with Crippen LogP contribution in [0.4, 0.5) is 0 Å². The number of hydrogen-bond acceptors (Lipinski definition) is 2. The van der Waals surface area contributed by atoms with Crippen LogP contribution >= 0.6 is 15.9 Å². The molecule has 1 aliphatic rings. The van der Waals surface area contributed by atoms with Gasteiger partial charge in [0, 0.05) is 4.47 Å². The predicted molar refractivity (Wildman–Crippen MR) is 76.9 cm³/mol. The van der Waals surface area contributed by atoms with Crippen molar-refractivity contribution in [2.75, 3.05) is 7.11 Å². The second kappa shape index (κ2) is 6.58. The third kappa shape index (κ3) is 3.48. The smallest absolute Gasteiger partial charge is 0.119 e. The highest BCUT2D eigenvalue weighted by Gasteiger charge is 2.21. The molecule has 1 saturated carbocycles. The zero-order chi connectivity index (χ0) is 13.0. The van der Waals surface area contributed by atoms with Crippen LogP contribution in [0, 0.1) is 5.92 Å². The quantitative estimate of drug-likeness (QED) is 0.811. The Morgan fingerprint density at radius 1 is 1.28 bits per heavy atom. The number of hydrogen-bond donors (Lipinski definition) is 0. The topological polar surface area (TPSA) is 18.5 Å². The van der Waals surface area contributed by atoms with Gasteiger partial charge < -0.3 is 9.47 Å². The van der Waals surface area contributed by atoms with Gasteiger partial charge in [-0.15, -0.1) is 0 Å². The van der Waals surface area contributed by atoms with E-state index in [0.717, 1.165) is 15.8 Å². The molecule has 0 heterocycles. The maximum absolute atomic E-state index is 6.08. The average Bonchev–Trinajstić information content (AvgIpc) is 2.39. The lowest BCUT2D eigenvalue weighted by Crippen LogP contribution is -2.25. The molecule has 0 radical (unpaired) electrons. The van der Waals surface area contributed by atoms with E-state index in [1.807, 2.05) is 18.2 Å². The van der Waals surface area contributed by atoms with Gasteiger partial charge in [0.15, 0.2) is 0 Å². The molecule has 0 N–H and O–H groups in total. The first kappa shape index (κ1) is 13.9. The first-order valence-electron chi connectivity index (χ1n) is 6.64. The third-order valence-electron chi connectivity index (χ3n) is 3.74. The summed E-state index contributed by atoms with van der Waals surface area (Å²) in [6.07, 6.45) is 5.56. The lowest BCUT2D eigenvalue weighted by molar-refractivity contribution is -0.0157. The van der Waals surface area contributed by atoms with Crippen LogP contribution in [0.15, 0.2) is 22.7 Å². The fourth-order valence-corrected chi connectivity index (χ4v) is 2.88. The third-order valence-corrected chi connectivity index (χ3v) is 4.51. The summed E-state index contributed by atoms with van der Waals surface area (Å²) in [6.45, 7) is 2.96. The zero-order valence-corrected chi connectivity index (χ0v) is 12.7. The van der Waals surface area contributed by atoms with E-state index in [1.54, 1.807) is 7.11 Å². The highest BCUT2D eigenvalue weighted by molar-refractivity contribution is 9.10. The Morgan fingerprint density at radius 3 is 2.78 bits per heavy atom. The fourth-order valence-electron chi connectivity index (χ4n) is 2.52. The Labute approximate surface area is 118 Å². The van der Waals surface area contributed by atoms with Crippen LogP contribution in [0.2, 0.25) is 0 Å². The molecule has 0 bridgehead atoms. The van der Waals surface area contributed by atoms with Gasteiger partial charge in [-0.1, -0.05) is 35.7 Å². The van der Waals surface area contributed by atoms with Gasteiger partial charge in [0.2, 0.25) is 0 Å². The van der Waals surface area contributed by atoms with E-state index in [1.165, 1.54) is 25.7 Å². The molecule has 18 heavy (non-hydrogen) atoms. The van der Waals surface area contributed by atoms with Crippen LogP contribution < -0.4 is 4.74 Å². The van der Waals surface area contributed by atoms with Gasteiger partial charge >= 0.3 is 0 Å². The lowest BCUT2D eigenvalue weighted by atomic mass is 9.88. The second-order valence-corrected chi connectivity index (χ2v) is 5.92. The molecule has 2 rings (SSSR count). The van der Waals surface area contributed by atoms with Gasteiger partial charge in [-0.05, 0) is 42.5 Å². The van der Waals surface area contributed by atoms with E-state index in [0.29, 0.717) is 18.6 Å². The molecule has 0 aromatic heterocycles. The molecule has 1 aromatic carbocycles. The number of ether oxygens (including phenoxy) is 2. The van der Waals surface area contributed by atoms with E-state index in [4.69, 9.17) is 9.47 Å². The molecule has 1 aliphatic carbocycles. The number of halogens is 1. The van der Waals surface area contributed by atoms with E-state index in [9.17, 15) is 0 Å². The summed E-state index contributed by atoms with van der Waals surface area (Å²) >= 11 is 3.56. The van der Waals surface area contributed by atoms with Crippen molar-refractivity contribution < 1.29 is 9.47 Å². The first-order valence-corrected chi connectivity index (χ1v) is 7.44. The van der Waals surface area contributed by atoms with Crippen LogP contribution in [-0.2, 0) is 11.3 Å². The monoisotopic (exact) mass is 312 g/mol. The van der Waals surface area contributed by atoms with Crippen LogP contribution in [-0.4, -0.2) is 13.2 Å². The zero-order valence-electron chi connectivity index (χ0n) is 11.1. The molecule has 2 nitrogen and oxygen atoms in total. The maximum atomic E-state index is 6.08. The Balaban J connectivity index is 1.96. The largest absolute Gasteiger partial charge is 0.497 e. The summed E-state index contributed by atoms with van der Waals surface area (Å²) in [5.74, 6) is 1.57. The van der Waals surface area contributed by atoms with E-state index in [2.05, 4.69) is 22.9 Å². The van der Waals surface area contributed by atoms with Crippen LogP contribution in [0.5, 0.6) is 5.75 Å². The number of rotatable bonds is 4. The molecular weight excluding hydrogens is 292 g/mol. The summed E-state index contributed by atoms with van der Waals surface area (Å²) in [5, 5.41) is 0. The van der Waals surface area contributed by atoms with Crippen molar-refractivity contribution in [2.24, 2.45) is 5.92 Å². The molecule has 0 spiro atoms. The van der Waals surface area contributed by atoms with Gasteiger partial charge in [0.1, 0.15) is 5.75 Å². The number of methoxy groups -OCH3 is 1. The van der Waals surface area contributed by atoms with Crippen molar-refractivity contribution >= 4 is 15.9 Å². The van der Waals surface area contributed by atoms with Crippen molar-refractivity contribution in [3.8, 4) is 5.75 Å². The Bertz CT molecular complexity index is 392. The van der Waals surface area contributed by atoms with Gasteiger partial charge in [-0.25, -0.2) is 0 Å². The minimum atomic E-state index is 0.414. The molecule has 2 unspecified atom stereocenters. The van der Waals surface area contributed by atoms with E-state index < -0.39 is 0 Å². The molecule has 3 heteroatoms. The van der Waals surface area contributed by atoms with E-state index in [-0.39, 0.29) is 0 Å². The minimum absolute atomic E-state index is 0.414. The van der Waals surface area contributed by atoms with Crippen molar-refractivity contribution in [3.05, 3.63) is 28.2 Å². The molecule has 100 valence electrons. The highest BCUT2D eigenvalue weighted by Crippen LogP contribution is 2.29. The fraction of sp³-hybridized carbons (Fsp3) is 0.600. The van der Waals surface area contributed by atoms with Crippen LogP contribution in [0.25, 0.3) is 0 Å². The van der Waals surface area contributed by atoms with Crippen molar-refractivity contribution in [1.29, 1.82) is 0 Å². The minimum Gasteiger partial charge on any atom is -0.497 e. The molecular formula is C15H21BrO2. The summed E-state index contributed by atoms with van der Waals surface area (Å²) in [7, 11) is 1.69. The molecule has 2 atom stereocenters. The van der Waals surface area contributed by atoms with Gasteiger partial charge in [0.05, 0.1) is 19.8 Å². The van der Waals surface area contributed by atoms with Gasteiger partial charge in [0.25, 0.3) is 0 Å². The normalized spacial score (nSPS) is 23.9. The van der Waals surface area contributed by atoms with Crippen molar-refractivity contribution in [1.82, 2.24) is 0 Å². The Morgan fingerprint density at radius 2 is 2.06 bits per heavy atom. The summed E-state index contributed by atoms with van der Waals surface area (Å²) < 4.78 is 12.4. The van der Waals surface area contributed by atoms with Crippen LogP contribution in [0.1, 0.15) is 38.2 Å². The van der Waals surface area contributed by atoms with Crippen molar-refractivity contribution in [2.45, 2.75) is 45.3 Å². The molecule has 1 aromatic rings. The summed E-state index contributed by atoms with van der Waals surface area (Å²) in [5.41, 5.74) is 1.16. The maximum Gasteiger partial charge on any atom is 0.119 e. The Hall–Kier alpha value is -0.540. The summed E-state index contributed by atoms with van der Waals surface area (Å²) in [4.78, 5) is 0. The lowest BCUT2D eigenvalue weighted by Gasteiger charge is -2.28. The molecule has 0 aliphatic heterocycles. The van der Waals surface area contributed by atoms with Gasteiger partial charge in [-0.2, -0.15) is 0 Å². The second-order valence-electron chi connectivity index (χ2n) is 5.07. The molecule has 0 amide bonds. The SMILES string of the molecule is COc1ccc(Br)c(COC2CCCCC2C)c1. The Kier molecular flexibility index (Phi) is 5.07. The van der Waals surface area contributed by atoms with Crippen molar-refractivity contribution in [3.63, 3.8) is 0 Å². The molecule has 1 fully saturated rings. The average molecular weight is 313 g/mol. The first-order chi connectivity index (χ1) is 8.70.